The van der Waals surface area contributed by atoms with Gasteiger partial charge in [-0.1, -0.05) is 63.1 Å². The molecule has 3 rings (SSSR count). The fraction of sp³-hybridized carbons (Fsp3) is 0.351. The number of hydrogen-bond donors (Lipinski definition) is 0. The second-order valence-corrected chi connectivity index (χ2v) is 11.0. The van der Waals surface area contributed by atoms with Gasteiger partial charge in [0.15, 0.2) is 0 Å². The zero-order chi connectivity index (χ0) is 34.2. The Morgan fingerprint density at radius 3 is 1.64 bits per heavy atom. The molecule has 3 aromatic carbocycles. The third-order valence-electron chi connectivity index (χ3n) is 7.39. The Labute approximate surface area is 272 Å². The van der Waals surface area contributed by atoms with Crippen LogP contribution in [0.2, 0.25) is 0 Å². The van der Waals surface area contributed by atoms with E-state index in [1.54, 1.807) is 18.2 Å². The second-order valence-electron chi connectivity index (χ2n) is 11.0. The number of alkyl halides is 2. The van der Waals surface area contributed by atoms with Crippen LogP contribution in [0.1, 0.15) is 68.1 Å². The first-order valence-electron chi connectivity index (χ1n) is 15.6. The molecule has 0 atom stereocenters. The van der Waals surface area contributed by atoms with Crippen molar-refractivity contribution in [3.63, 3.8) is 0 Å². The van der Waals surface area contributed by atoms with Crippen LogP contribution in [-0.4, -0.2) is 25.2 Å². The van der Waals surface area contributed by atoms with Crippen LogP contribution in [0.3, 0.4) is 0 Å². The Balaban J connectivity index is 1.53. The molecule has 0 aliphatic heterocycles. The van der Waals surface area contributed by atoms with Gasteiger partial charge in [0.05, 0.1) is 13.2 Å². The van der Waals surface area contributed by atoms with Gasteiger partial charge >= 0.3 is 18.0 Å². The Hall–Kier alpha value is -4.47. The number of benzene rings is 3. The van der Waals surface area contributed by atoms with Gasteiger partial charge in [-0.25, -0.2) is 22.8 Å². The highest BCUT2D eigenvalue weighted by Crippen LogP contribution is 2.37. The lowest BCUT2D eigenvalue weighted by molar-refractivity contribution is -0.189. The predicted molar refractivity (Wildman–Crippen MR) is 169 cm³/mol. The molecule has 5 nitrogen and oxygen atoms in total. The van der Waals surface area contributed by atoms with Crippen LogP contribution in [0, 0.1) is 17.5 Å². The van der Waals surface area contributed by atoms with Crippen LogP contribution < -0.4 is 4.74 Å². The largest absolute Gasteiger partial charge is 0.463 e. The van der Waals surface area contributed by atoms with Crippen molar-refractivity contribution in [1.82, 2.24) is 0 Å². The molecule has 0 fully saturated rings. The SMILES string of the molecule is C=CC(=O)OCCCCCCc1ccc(OC(F)(F)c2c(F)cc(-c3ccc(CCCCCCOC(=O)C=C)cc3F)cc2F)cc1. The number of rotatable bonds is 20. The van der Waals surface area contributed by atoms with Crippen molar-refractivity contribution in [2.24, 2.45) is 0 Å². The highest BCUT2D eigenvalue weighted by molar-refractivity contribution is 5.81. The number of halogens is 5. The topological polar surface area (TPSA) is 61.8 Å². The molecule has 0 spiro atoms. The quantitative estimate of drug-likeness (QED) is 0.0524. The van der Waals surface area contributed by atoms with Crippen molar-refractivity contribution in [2.45, 2.75) is 70.3 Å². The normalized spacial score (nSPS) is 11.2. The van der Waals surface area contributed by atoms with Gasteiger partial charge in [-0.3, -0.25) is 0 Å². The van der Waals surface area contributed by atoms with E-state index in [-0.39, 0.29) is 16.9 Å². The molecule has 0 aromatic heterocycles. The molecule has 0 unspecified atom stereocenters. The van der Waals surface area contributed by atoms with Crippen molar-refractivity contribution < 1.29 is 45.8 Å². The van der Waals surface area contributed by atoms with Crippen LogP contribution in [0.25, 0.3) is 11.1 Å². The molecule has 0 heterocycles. The van der Waals surface area contributed by atoms with E-state index in [1.807, 2.05) is 0 Å². The molecule has 252 valence electrons. The molecule has 0 aliphatic carbocycles. The van der Waals surface area contributed by atoms with Gasteiger partial charge < -0.3 is 14.2 Å². The number of carbonyl (C=O) groups is 2. The monoisotopic (exact) mass is 658 g/mol. The molecule has 0 bridgehead atoms. The number of aryl methyl sites for hydroxylation is 2. The zero-order valence-corrected chi connectivity index (χ0v) is 26.2. The van der Waals surface area contributed by atoms with Crippen molar-refractivity contribution in [1.29, 1.82) is 0 Å². The lowest BCUT2D eigenvalue weighted by Gasteiger charge is -2.20. The molecule has 0 radical (unpaired) electrons. The predicted octanol–water partition coefficient (Wildman–Crippen LogP) is 9.56. The summed E-state index contributed by atoms with van der Waals surface area (Å²) in [5.41, 5.74) is -0.368. The molecule has 0 saturated carbocycles. The lowest BCUT2D eigenvalue weighted by atomic mass is 9.98. The first-order chi connectivity index (χ1) is 22.5. The summed E-state index contributed by atoms with van der Waals surface area (Å²) >= 11 is 0. The second kappa shape index (κ2) is 18.6. The van der Waals surface area contributed by atoms with Crippen molar-refractivity contribution in [2.75, 3.05) is 13.2 Å². The minimum atomic E-state index is -4.33. The highest BCUT2D eigenvalue weighted by Gasteiger charge is 2.41. The van der Waals surface area contributed by atoms with Gasteiger partial charge in [0.2, 0.25) is 0 Å². The van der Waals surface area contributed by atoms with Crippen molar-refractivity contribution >= 4 is 11.9 Å². The first-order valence-corrected chi connectivity index (χ1v) is 15.6. The molecule has 10 heteroatoms. The van der Waals surface area contributed by atoms with E-state index in [4.69, 9.17) is 14.2 Å². The van der Waals surface area contributed by atoms with Gasteiger partial charge in [0, 0.05) is 17.7 Å². The van der Waals surface area contributed by atoms with Crippen LogP contribution in [0.4, 0.5) is 22.0 Å². The smallest absolute Gasteiger partial charge is 0.432 e. The number of ether oxygens (including phenoxy) is 3. The summed E-state index contributed by atoms with van der Waals surface area (Å²) in [6, 6.07) is 11.4. The summed E-state index contributed by atoms with van der Waals surface area (Å²) in [6.45, 7) is 7.27. The summed E-state index contributed by atoms with van der Waals surface area (Å²) in [7, 11) is 0. The van der Waals surface area contributed by atoms with Gasteiger partial charge in [0.1, 0.15) is 28.8 Å². The summed E-state index contributed by atoms with van der Waals surface area (Å²) in [5.74, 6) is -5.07. The van der Waals surface area contributed by atoms with Crippen molar-refractivity contribution in [3.8, 4) is 16.9 Å². The minimum Gasteiger partial charge on any atom is -0.463 e. The van der Waals surface area contributed by atoms with Gasteiger partial charge in [0.25, 0.3) is 0 Å². The maximum Gasteiger partial charge on any atom is 0.432 e. The fourth-order valence-electron chi connectivity index (χ4n) is 4.91. The molecule has 47 heavy (non-hydrogen) atoms. The van der Waals surface area contributed by atoms with Gasteiger partial charge in [-0.2, -0.15) is 8.78 Å². The highest BCUT2D eigenvalue weighted by atomic mass is 19.3. The van der Waals surface area contributed by atoms with Crippen LogP contribution >= 0.6 is 0 Å². The standard InChI is InChI=1S/C37H39F5O5/c1-3-34(43)45-21-11-7-5-9-13-26-15-18-29(19-16-26)47-37(41,42)36-32(39)24-28(25-33(36)40)30-20-17-27(23-31(30)38)14-10-6-8-12-22-46-35(44)4-2/h3-4,15-20,23-25H,1-2,5-14,21-22H2. The average molecular weight is 659 g/mol. The van der Waals surface area contributed by atoms with E-state index in [0.29, 0.717) is 50.2 Å². The van der Waals surface area contributed by atoms with Crippen molar-refractivity contribution in [3.05, 3.63) is 114 Å². The third kappa shape index (κ3) is 12.0. The average Bonchev–Trinajstić information content (AvgIpc) is 3.03. The molecule has 0 amide bonds. The van der Waals surface area contributed by atoms with E-state index < -0.39 is 41.1 Å². The zero-order valence-electron chi connectivity index (χ0n) is 26.2. The Bertz CT molecular complexity index is 1480. The van der Waals surface area contributed by atoms with Gasteiger partial charge in [-0.05, 0) is 85.5 Å². The van der Waals surface area contributed by atoms with E-state index in [0.717, 1.165) is 62.7 Å². The van der Waals surface area contributed by atoms with E-state index in [2.05, 4.69) is 13.2 Å². The Morgan fingerprint density at radius 2 is 1.13 bits per heavy atom. The summed E-state index contributed by atoms with van der Waals surface area (Å²) in [6.07, 6.45) is 5.49. The molecule has 0 N–H and O–H groups in total. The third-order valence-corrected chi connectivity index (χ3v) is 7.39. The maximum absolute atomic E-state index is 15.0. The fourth-order valence-corrected chi connectivity index (χ4v) is 4.91. The first kappa shape index (κ1) is 37.0. The molecule has 3 aromatic rings. The Kier molecular flexibility index (Phi) is 14.7. The minimum absolute atomic E-state index is 0.127. The maximum atomic E-state index is 15.0. The summed E-state index contributed by atoms with van der Waals surface area (Å²) in [5, 5.41) is 0. The van der Waals surface area contributed by atoms with Gasteiger partial charge in [-0.15, -0.1) is 0 Å². The molecular weight excluding hydrogens is 619 g/mol. The summed E-state index contributed by atoms with van der Waals surface area (Å²) < 4.78 is 89.3. The van der Waals surface area contributed by atoms with Crippen LogP contribution in [0.15, 0.2) is 79.9 Å². The number of carbonyl (C=O) groups excluding carboxylic acids is 2. The van der Waals surface area contributed by atoms with E-state index >= 15 is 0 Å². The van der Waals surface area contributed by atoms with E-state index in [9.17, 15) is 31.5 Å². The molecular formula is C37H39F5O5. The van der Waals surface area contributed by atoms with Crippen LogP contribution in [0.5, 0.6) is 5.75 Å². The molecule has 0 aliphatic rings. The lowest BCUT2D eigenvalue weighted by Crippen LogP contribution is -2.25. The molecule has 0 saturated heterocycles. The number of unbranched alkanes of at least 4 members (excludes halogenated alkanes) is 6. The Morgan fingerprint density at radius 1 is 0.638 bits per heavy atom. The van der Waals surface area contributed by atoms with Crippen LogP contribution in [-0.2, 0) is 38.0 Å². The number of hydrogen-bond acceptors (Lipinski definition) is 5. The summed E-state index contributed by atoms with van der Waals surface area (Å²) in [4.78, 5) is 22.0. The number of esters is 2. The van der Waals surface area contributed by atoms with E-state index in [1.165, 1.54) is 24.3 Å².